The van der Waals surface area contributed by atoms with E-state index in [0.29, 0.717) is 12.4 Å². The van der Waals surface area contributed by atoms with Crippen molar-refractivity contribution in [1.82, 2.24) is 4.98 Å². The minimum Gasteiger partial charge on any atom is -0.478 e. The van der Waals surface area contributed by atoms with Gasteiger partial charge in [-0.3, -0.25) is 4.21 Å². The van der Waals surface area contributed by atoms with Crippen LogP contribution in [-0.4, -0.2) is 38.3 Å². The molecule has 2 atom stereocenters. The highest BCUT2D eigenvalue weighted by Gasteiger charge is 2.19. The molecule has 6 heteroatoms. The maximum absolute atomic E-state index is 11.3. The van der Waals surface area contributed by atoms with Gasteiger partial charge in [0.25, 0.3) is 0 Å². The van der Waals surface area contributed by atoms with Crippen molar-refractivity contribution >= 4 is 22.6 Å². The molecule has 1 aromatic rings. The molecule has 5 nitrogen and oxygen atoms in total. The maximum atomic E-state index is 11.3. The Morgan fingerprint density at radius 2 is 2.05 bits per heavy atom. The van der Waals surface area contributed by atoms with Crippen molar-refractivity contribution in [3.63, 3.8) is 0 Å². The Bertz CT molecular complexity index is 538. The first kappa shape index (κ1) is 17.6. The van der Waals surface area contributed by atoms with Crippen molar-refractivity contribution in [2.45, 2.75) is 44.8 Å². The van der Waals surface area contributed by atoms with Crippen molar-refractivity contribution < 1.29 is 14.1 Å². The lowest BCUT2D eigenvalue weighted by Crippen LogP contribution is -2.18. The number of carbonyl (C=O) groups is 1. The molecule has 0 aliphatic carbocycles. The van der Waals surface area contributed by atoms with E-state index in [1.165, 1.54) is 6.07 Å². The Hall–Kier alpha value is -1.43. The van der Waals surface area contributed by atoms with E-state index in [9.17, 15) is 14.1 Å². The van der Waals surface area contributed by atoms with Crippen molar-refractivity contribution in [2.75, 3.05) is 18.1 Å². The number of hydrogen-bond donors (Lipinski definition) is 2. The number of rotatable bonds is 6. The van der Waals surface area contributed by atoms with E-state index >= 15 is 0 Å². The zero-order valence-electron chi connectivity index (χ0n) is 13.3. The van der Waals surface area contributed by atoms with Crippen LogP contribution in [0.4, 0.5) is 5.82 Å². The second kappa shape index (κ2) is 7.02. The first-order valence-corrected chi connectivity index (χ1v) is 8.55. The molecule has 1 rings (SSSR count). The van der Waals surface area contributed by atoms with Crippen LogP contribution >= 0.6 is 0 Å². The number of nitrogens with one attached hydrogen (secondary N) is 1. The summed E-state index contributed by atoms with van der Waals surface area (Å²) < 4.78 is 11.3. The lowest BCUT2D eigenvalue weighted by atomic mass is 9.91. The molecule has 0 aromatic carbocycles. The molecule has 0 amide bonds. The van der Waals surface area contributed by atoms with Crippen molar-refractivity contribution in [3.05, 3.63) is 23.4 Å². The largest absolute Gasteiger partial charge is 0.478 e. The number of aromatic nitrogens is 1. The highest BCUT2D eigenvalue weighted by Crippen LogP contribution is 2.23. The van der Waals surface area contributed by atoms with Gasteiger partial charge >= 0.3 is 5.97 Å². The molecule has 1 heterocycles. The monoisotopic (exact) mass is 312 g/mol. The van der Waals surface area contributed by atoms with Crippen LogP contribution in [0, 0.1) is 0 Å². The molecule has 1 aromatic heterocycles. The van der Waals surface area contributed by atoms with Crippen LogP contribution in [0.5, 0.6) is 0 Å². The Morgan fingerprint density at radius 3 is 2.52 bits per heavy atom. The van der Waals surface area contributed by atoms with Gasteiger partial charge in [0.2, 0.25) is 0 Å². The van der Waals surface area contributed by atoms with Gasteiger partial charge in [0.05, 0.1) is 5.56 Å². The molecule has 0 aliphatic heterocycles. The van der Waals surface area contributed by atoms with Gasteiger partial charge < -0.3 is 10.4 Å². The van der Waals surface area contributed by atoms with Crippen molar-refractivity contribution in [1.29, 1.82) is 0 Å². The summed E-state index contributed by atoms with van der Waals surface area (Å²) in [5.74, 6) is -0.414. The Balaban J connectivity index is 2.89. The zero-order chi connectivity index (χ0) is 16.2. The van der Waals surface area contributed by atoms with Crippen molar-refractivity contribution in [3.8, 4) is 0 Å². The molecular formula is C15H24N2O3S. The first-order chi connectivity index (χ1) is 9.61. The molecule has 118 valence electrons. The van der Waals surface area contributed by atoms with Gasteiger partial charge in [-0.05, 0) is 18.6 Å². The summed E-state index contributed by atoms with van der Waals surface area (Å²) in [6.07, 6.45) is 2.43. The third-order valence-electron chi connectivity index (χ3n) is 3.26. The first-order valence-electron chi connectivity index (χ1n) is 6.93. The van der Waals surface area contributed by atoms with Crippen LogP contribution < -0.4 is 5.32 Å². The highest BCUT2D eigenvalue weighted by molar-refractivity contribution is 7.84. The average molecular weight is 312 g/mol. The summed E-state index contributed by atoms with van der Waals surface area (Å²) in [4.78, 5) is 15.7. The number of pyridine rings is 1. The molecule has 2 N–H and O–H groups in total. The fourth-order valence-corrected chi connectivity index (χ4v) is 2.15. The standard InChI is InChI=1S/C15H24N2O3S/c1-10(21(5)20)6-7-16-13-9-11(14(18)19)8-12(17-13)15(2,3)4/h8-10H,6-7H2,1-5H3,(H,16,17)(H,18,19). The topological polar surface area (TPSA) is 79.3 Å². The predicted molar refractivity (Wildman–Crippen MR) is 86.5 cm³/mol. The Morgan fingerprint density at radius 1 is 1.43 bits per heavy atom. The SMILES string of the molecule is CC(CCNc1cc(C(=O)O)cc(C(C)(C)C)n1)S(C)=O. The molecule has 2 unspecified atom stereocenters. The van der Waals surface area contributed by atoms with Crippen LogP contribution in [0.1, 0.15) is 50.2 Å². The Kier molecular flexibility index (Phi) is 5.89. The summed E-state index contributed by atoms with van der Waals surface area (Å²) >= 11 is 0. The van der Waals surface area contributed by atoms with E-state index in [1.54, 1.807) is 12.3 Å². The number of aromatic carboxylic acids is 1. The summed E-state index contributed by atoms with van der Waals surface area (Å²) in [6.45, 7) is 8.52. The molecule has 0 radical (unpaired) electrons. The molecule has 0 fully saturated rings. The average Bonchev–Trinajstić information content (AvgIpc) is 2.37. The highest BCUT2D eigenvalue weighted by atomic mass is 32.2. The van der Waals surface area contributed by atoms with Crippen LogP contribution in [0.15, 0.2) is 12.1 Å². The number of anilines is 1. The molecule has 0 aliphatic rings. The normalized spacial score (nSPS) is 14.5. The van der Waals surface area contributed by atoms with E-state index in [4.69, 9.17) is 0 Å². The minimum absolute atomic E-state index is 0.0993. The lowest BCUT2D eigenvalue weighted by molar-refractivity contribution is 0.0696. The number of carboxylic acids is 1. The smallest absolute Gasteiger partial charge is 0.335 e. The maximum Gasteiger partial charge on any atom is 0.335 e. The van der Waals surface area contributed by atoms with Gasteiger partial charge in [-0.2, -0.15) is 0 Å². The Labute approximate surface area is 128 Å². The molecule has 0 bridgehead atoms. The van der Waals surface area contributed by atoms with Gasteiger partial charge in [-0.1, -0.05) is 27.7 Å². The molecule has 21 heavy (non-hydrogen) atoms. The second-order valence-electron chi connectivity index (χ2n) is 6.21. The molecule has 0 spiro atoms. The molecule has 0 saturated carbocycles. The van der Waals surface area contributed by atoms with Crippen LogP contribution in [0.3, 0.4) is 0 Å². The van der Waals surface area contributed by atoms with E-state index in [2.05, 4.69) is 10.3 Å². The van der Waals surface area contributed by atoms with Gasteiger partial charge in [-0.25, -0.2) is 9.78 Å². The van der Waals surface area contributed by atoms with E-state index < -0.39 is 16.8 Å². The van der Waals surface area contributed by atoms with E-state index in [1.807, 2.05) is 27.7 Å². The second-order valence-corrected chi connectivity index (χ2v) is 8.01. The summed E-state index contributed by atoms with van der Waals surface area (Å²) in [7, 11) is -0.853. The number of nitrogens with zero attached hydrogens (tertiary/aromatic N) is 1. The van der Waals surface area contributed by atoms with Gasteiger partial charge in [0.15, 0.2) is 0 Å². The van der Waals surface area contributed by atoms with E-state index in [0.717, 1.165) is 12.1 Å². The summed E-state index contributed by atoms with van der Waals surface area (Å²) in [5, 5.41) is 12.4. The van der Waals surface area contributed by atoms with Crippen LogP contribution in [0.25, 0.3) is 0 Å². The molecular weight excluding hydrogens is 288 g/mol. The minimum atomic E-state index is -0.964. The number of carboxylic acid groups (broad SMARTS) is 1. The van der Waals surface area contributed by atoms with Crippen LogP contribution in [-0.2, 0) is 16.2 Å². The predicted octanol–water partition coefficient (Wildman–Crippen LogP) is 2.65. The fraction of sp³-hybridized carbons (Fsp3) is 0.600. The zero-order valence-corrected chi connectivity index (χ0v) is 14.1. The van der Waals surface area contributed by atoms with Gasteiger partial charge in [-0.15, -0.1) is 0 Å². The van der Waals surface area contributed by atoms with E-state index in [-0.39, 0.29) is 16.2 Å². The third-order valence-corrected chi connectivity index (χ3v) is 4.63. The van der Waals surface area contributed by atoms with Crippen molar-refractivity contribution in [2.24, 2.45) is 0 Å². The fourth-order valence-electron chi connectivity index (χ4n) is 1.70. The lowest BCUT2D eigenvalue weighted by Gasteiger charge is -2.20. The quantitative estimate of drug-likeness (QED) is 0.844. The summed E-state index contributed by atoms with van der Waals surface area (Å²) in [6, 6.07) is 3.14. The third kappa shape index (κ3) is 5.46. The van der Waals surface area contributed by atoms with Gasteiger partial charge in [0.1, 0.15) is 5.82 Å². The molecule has 0 saturated heterocycles. The number of hydrogen-bond acceptors (Lipinski definition) is 4. The van der Waals surface area contributed by atoms with Crippen LogP contribution in [0.2, 0.25) is 0 Å². The van der Waals surface area contributed by atoms with Gasteiger partial charge in [0, 0.05) is 40.0 Å². The summed E-state index contributed by atoms with van der Waals surface area (Å²) in [5.41, 5.74) is 0.738.